The Hall–Kier alpha value is -3.43. The second kappa shape index (κ2) is 12.6. The Kier molecular flexibility index (Phi) is 8.53. The van der Waals surface area contributed by atoms with Gasteiger partial charge in [0.05, 0.1) is 31.0 Å². The molecule has 2 fully saturated rings. The summed E-state index contributed by atoms with van der Waals surface area (Å²) < 4.78 is 5.59. The van der Waals surface area contributed by atoms with E-state index in [4.69, 9.17) is 9.72 Å². The van der Waals surface area contributed by atoms with E-state index in [0.717, 1.165) is 99.0 Å². The molecular formula is C32H42N6O3. The predicted molar refractivity (Wildman–Crippen MR) is 161 cm³/mol. The molecule has 41 heavy (non-hydrogen) atoms. The van der Waals surface area contributed by atoms with Gasteiger partial charge in [-0.1, -0.05) is 6.07 Å². The lowest BCUT2D eigenvalue weighted by atomic mass is 9.92. The number of H-pyrrole nitrogens is 1. The van der Waals surface area contributed by atoms with Crippen LogP contribution in [0.4, 0.5) is 11.5 Å². The van der Waals surface area contributed by atoms with Crippen LogP contribution in [0.3, 0.4) is 0 Å². The monoisotopic (exact) mass is 558 g/mol. The lowest BCUT2D eigenvalue weighted by Gasteiger charge is -2.31. The molecule has 0 radical (unpaired) electrons. The lowest BCUT2D eigenvalue weighted by Crippen LogP contribution is -2.36. The number of carboxylic acid groups (broad SMARTS) is 1. The van der Waals surface area contributed by atoms with Crippen molar-refractivity contribution in [2.75, 3.05) is 62.7 Å². The standard InChI is InChI=1S/C32H42N6O3/c1-22-15-30(36-35-22)26-16-25(17-29(18-26)38-11-13-41-14-12-38)27(19-31(39)40)21-37-10-8-23(20-37)4-6-28-7-5-24-3-2-9-33-32(24)34-28/h5,7,15-18,23,27H,2-4,6,8-14,19-21H2,1H3,(H,33,34)(H,35,36)(H,39,40)/t23-,27?/m1/s1. The van der Waals surface area contributed by atoms with E-state index in [1.54, 1.807) is 0 Å². The first-order valence-electron chi connectivity index (χ1n) is 15.2. The average molecular weight is 559 g/mol. The second-order valence-electron chi connectivity index (χ2n) is 11.9. The molecule has 3 aliphatic rings. The van der Waals surface area contributed by atoms with Crippen LogP contribution in [-0.2, 0) is 22.4 Å². The molecule has 2 aromatic heterocycles. The number of ether oxygens (including phenoxy) is 1. The molecule has 3 N–H and O–H groups in total. The van der Waals surface area contributed by atoms with Crippen LogP contribution in [0.5, 0.6) is 0 Å². The number of aliphatic carboxylic acids is 1. The molecule has 0 amide bonds. The minimum Gasteiger partial charge on any atom is -0.481 e. The molecule has 2 atom stereocenters. The Labute approximate surface area is 242 Å². The van der Waals surface area contributed by atoms with E-state index in [9.17, 15) is 9.90 Å². The number of carboxylic acids is 1. The molecule has 6 rings (SSSR count). The van der Waals surface area contributed by atoms with Gasteiger partial charge < -0.3 is 25.0 Å². The minimum absolute atomic E-state index is 0.0941. The fourth-order valence-corrected chi connectivity index (χ4v) is 6.58. The summed E-state index contributed by atoms with van der Waals surface area (Å²) in [5.74, 6) is 0.828. The molecule has 0 spiro atoms. The van der Waals surface area contributed by atoms with Gasteiger partial charge in [0.2, 0.25) is 0 Å². The number of aromatic amines is 1. The summed E-state index contributed by atoms with van der Waals surface area (Å²) in [4.78, 5) is 21.8. The number of anilines is 2. The van der Waals surface area contributed by atoms with Gasteiger partial charge in [-0.15, -0.1) is 0 Å². The maximum absolute atomic E-state index is 12.1. The molecule has 5 heterocycles. The van der Waals surface area contributed by atoms with Crippen molar-refractivity contribution in [1.82, 2.24) is 20.1 Å². The zero-order valence-corrected chi connectivity index (χ0v) is 24.1. The molecular weight excluding hydrogens is 516 g/mol. The van der Waals surface area contributed by atoms with Gasteiger partial charge in [0.15, 0.2) is 0 Å². The Bertz CT molecular complexity index is 1350. The molecule has 0 saturated carbocycles. The fourth-order valence-electron chi connectivity index (χ4n) is 6.58. The molecule has 3 aliphatic heterocycles. The van der Waals surface area contributed by atoms with Crippen molar-refractivity contribution >= 4 is 17.5 Å². The van der Waals surface area contributed by atoms with Gasteiger partial charge >= 0.3 is 5.97 Å². The van der Waals surface area contributed by atoms with E-state index < -0.39 is 5.97 Å². The number of benzene rings is 1. The summed E-state index contributed by atoms with van der Waals surface area (Å²) in [6, 6.07) is 13.0. The van der Waals surface area contributed by atoms with Gasteiger partial charge in [-0.25, -0.2) is 4.98 Å². The molecule has 0 bridgehead atoms. The maximum Gasteiger partial charge on any atom is 0.304 e. The third-order valence-corrected chi connectivity index (χ3v) is 8.83. The van der Waals surface area contributed by atoms with Crippen LogP contribution in [-0.4, -0.2) is 83.6 Å². The molecule has 0 aliphatic carbocycles. The van der Waals surface area contributed by atoms with Gasteiger partial charge in [-0.05, 0) is 92.9 Å². The normalized spacial score (nSPS) is 20.0. The van der Waals surface area contributed by atoms with Crippen molar-refractivity contribution in [3.05, 3.63) is 58.9 Å². The Balaban J connectivity index is 1.16. The third-order valence-electron chi connectivity index (χ3n) is 8.83. The van der Waals surface area contributed by atoms with Crippen LogP contribution >= 0.6 is 0 Å². The number of hydrogen-bond donors (Lipinski definition) is 3. The van der Waals surface area contributed by atoms with Crippen molar-refractivity contribution in [1.29, 1.82) is 0 Å². The van der Waals surface area contributed by atoms with Crippen LogP contribution in [0.2, 0.25) is 0 Å². The Morgan fingerprint density at radius 1 is 1.17 bits per heavy atom. The zero-order valence-electron chi connectivity index (χ0n) is 24.1. The largest absolute Gasteiger partial charge is 0.481 e. The van der Waals surface area contributed by atoms with Crippen LogP contribution < -0.4 is 10.2 Å². The van der Waals surface area contributed by atoms with Gasteiger partial charge in [0.1, 0.15) is 5.82 Å². The number of morpholine rings is 1. The molecule has 1 unspecified atom stereocenters. The zero-order chi connectivity index (χ0) is 28.2. The number of pyridine rings is 1. The van der Waals surface area contributed by atoms with Crippen molar-refractivity contribution in [2.45, 2.75) is 51.4 Å². The predicted octanol–water partition coefficient (Wildman–Crippen LogP) is 4.49. The number of carbonyl (C=O) groups is 1. The topological polar surface area (TPSA) is 107 Å². The molecule has 1 aromatic carbocycles. The van der Waals surface area contributed by atoms with Gasteiger partial charge in [-0.3, -0.25) is 9.89 Å². The van der Waals surface area contributed by atoms with Crippen molar-refractivity contribution in [3.63, 3.8) is 0 Å². The van der Waals surface area contributed by atoms with Gasteiger partial charge in [0.25, 0.3) is 0 Å². The molecule has 3 aromatic rings. The minimum atomic E-state index is -0.756. The fraction of sp³-hybridized carbons (Fsp3) is 0.531. The highest BCUT2D eigenvalue weighted by atomic mass is 16.5. The molecule has 2 saturated heterocycles. The SMILES string of the molecule is Cc1cc(-c2cc(C(CC(=O)O)CN3CC[C@@H](CCc4ccc5c(n4)NCCC5)C3)cc(N3CCOCC3)c2)[nH]n1. The average Bonchev–Trinajstić information content (AvgIpc) is 3.64. The summed E-state index contributed by atoms with van der Waals surface area (Å²) in [6.45, 7) is 8.82. The summed E-state index contributed by atoms with van der Waals surface area (Å²) in [5.41, 5.74) is 7.64. The second-order valence-corrected chi connectivity index (χ2v) is 11.9. The van der Waals surface area contributed by atoms with Crippen molar-refractivity contribution in [2.24, 2.45) is 5.92 Å². The van der Waals surface area contributed by atoms with Crippen LogP contribution in [0.15, 0.2) is 36.4 Å². The number of rotatable bonds is 10. The Morgan fingerprint density at radius 3 is 2.85 bits per heavy atom. The molecule has 9 nitrogen and oxygen atoms in total. The van der Waals surface area contributed by atoms with E-state index in [0.29, 0.717) is 19.1 Å². The Morgan fingerprint density at radius 2 is 2.05 bits per heavy atom. The van der Waals surface area contributed by atoms with Crippen LogP contribution in [0, 0.1) is 12.8 Å². The van der Waals surface area contributed by atoms with Crippen LogP contribution in [0.25, 0.3) is 11.3 Å². The number of nitrogens with one attached hydrogen (secondary N) is 2. The highest BCUT2D eigenvalue weighted by Crippen LogP contribution is 2.33. The summed E-state index contributed by atoms with van der Waals surface area (Å²) in [6.07, 6.45) is 5.65. The third kappa shape index (κ3) is 6.90. The summed E-state index contributed by atoms with van der Waals surface area (Å²) in [5, 5.41) is 20.8. The number of fused-ring (bicyclic) bond motifs is 1. The molecule has 218 valence electrons. The summed E-state index contributed by atoms with van der Waals surface area (Å²) in [7, 11) is 0. The van der Waals surface area contributed by atoms with Gasteiger partial charge in [-0.2, -0.15) is 5.10 Å². The van der Waals surface area contributed by atoms with Crippen molar-refractivity contribution in [3.8, 4) is 11.3 Å². The summed E-state index contributed by atoms with van der Waals surface area (Å²) >= 11 is 0. The van der Waals surface area contributed by atoms with Crippen LogP contribution in [0.1, 0.15) is 54.1 Å². The van der Waals surface area contributed by atoms with E-state index in [-0.39, 0.29) is 12.3 Å². The number of likely N-dealkylation sites (tertiary alicyclic amines) is 1. The first-order valence-corrected chi connectivity index (χ1v) is 15.2. The quantitative estimate of drug-likeness (QED) is 0.334. The number of hydrogen-bond acceptors (Lipinski definition) is 7. The highest BCUT2D eigenvalue weighted by molar-refractivity contribution is 5.71. The number of aromatic nitrogens is 3. The first kappa shape index (κ1) is 27.7. The number of nitrogens with zero attached hydrogens (tertiary/aromatic N) is 4. The van der Waals surface area contributed by atoms with E-state index >= 15 is 0 Å². The first-order chi connectivity index (χ1) is 20.0. The van der Waals surface area contributed by atoms with Crippen molar-refractivity contribution < 1.29 is 14.6 Å². The van der Waals surface area contributed by atoms with E-state index in [2.05, 4.69) is 55.6 Å². The van der Waals surface area contributed by atoms with E-state index in [1.165, 1.54) is 17.7 Å². The lowest BCUT2D eigenvalue weighted by molar-refractivity contribution is -0.137. The smallest absolute Gasteiger partial charge is 0.304 e. The van der Waals surface area contributed by atoms with E-state index in [1.807, 2.05) is 13.0 Å². The number of aryl methyl sites for hydroxylation is 3. The maximum atomic E-state index is 12.1. The van der Waals surface area contributed by atoms with Gasteiger partial charge in [0, 0.05) is 55.6 Å². The molecule has 9 heteroatoms. The highest BCUT2D eigenvalue weighted by Gasteiger charge is 2.28.